The summed E-state index contributed by atoms with van der Waals surface area (Å²) < 4.78 is 29.1. The number of carbonyl (C=O) groups is 1. The molecule has 0 saturated heterocycles. The maximum atomic E-state index is 12.4. The van der Waals surface area contributed by atoms with Gasteiger partial charge in [-0.15, -0.1) is 11.3 Å². The summed E-state index contributed by atoms with van der Waals surface area (Å²) in [5.74, 6) is 0.426. The van der Waals surface area contributed by atoms with Crippen molar-refractivity contribution >= 4 is 17.2 Å². The van der Waals surface area contributed by atoms with Crippen LogP contribution in [-0.4, -0.2) is 24.6 Å². The van der Waals surface area contributed by atoms with Crippen molar-refractivity contribution in [1.82, 2.24) is 5.32 Å². The smallest absolute Gasteiger partial charge is 0.387 e. The molecule has 2 bridgehead atoms. The van der Waals surface area contributed by atoms with Crippen molar-refractivity contribution in [2.24, 2.45) is 17.6 Å². The standard InChI is InChI=1S/C15H20F2N2O2S/c16-15(17)21-11-4-5-22-13(11)14(20)19-12-8-2-1-3-9(12)7-10(18)6-8/h4-5,8-10,12,15H,1-3,6-7,18H2,(H,19,20). The monoisotopic (exact) mass is 330 g/mol. The molecule has 22 heavy (non-hydrogen) atoms. The molecule has 1 heterocycles. The average molecular weight is 330 g/mol. The zero-order valence-corrected chi connectivity index (χ0v) is 13.0. The lowest BCUT2D eigenvalue weighted by Crippen LogP contribution is -2.53. The highest BCUT2D eigenvalue weighted by atomic mass is 32.1. The van der Waals surface area contributed by atoms with Crippen LogP contribution in [-0.2, 0) is 0 Å². The Morgan fingerprint density at radius 3 is 2.68 bits per heavy atom. The highest BCUT2D eigenvalue weighted by Crippen LogP contribution is 2.40. The average Bonchev–Trinajstić information content (AvgIpc) is 2.87. The van der Waals surface area contributed by atoms with Crippen LogP contribution in [0.3, 0.4) is 0 Å². The summed E-state index contributed by atoms with van der Waals surface area (Å²) >= 11 is 1.12. The number of hydrogen-bond donors (Lipinski definition) is 2. The first-order valence-corrected chi connectivity index (χ1v) is 8.51. The maximum absolute atomic E-state index is 12.4. The van der Waals surface area contributed by atoms with E-state index in [-0.39, 0.29) is 28.6 Å². The lowest BCUT2D eigenvalue weighted by molar-refractivity contribution is -0.0498. The molecule has 1 aromatic rings. The van der Waals surface area contributed by atoms with Gasteiger partial charge < -0.3 is 15.8 Å². The Morgan fingerprint density at radius 1 is 1.36 bits per heavy atom. The summed E-state index contributed by atoms with van der Waals surface area (Å²) in [6.07, 6.45) is 5.16. The second kappa shape index (κ2) is 6.50. The van der Waals surface area contributed by atoms with E-state index in [1.165, 1.54) is 12.5 Å². The molecule has 2 aliphatic carbocycles. The molecule has 2 saturated carbocycles. The molecule has 1 aromatic heterocycles. The van der Waals surface area contributed by atoms with E-state index in [1.807, 2.05) is 0 Å². The van der Waals surface area contributed by atoms with Crippen LogP contribution in [0.1, 0.15) is 41.8 Å². The molecule has 0 radical (unpaired) electrons. The van der Waals surface area contributed by atoms with E-state index >= 15 is 0 Å². The molecular formula is C15H20F2N2O2S. The lowest BCUT2D eigenvalue weighted by atomic mass is 9.67. The van der Waals surface area contributed by atoms with E-state index in [2.05, 4.69) is 10.1 Å². The number of carbonyl (C=O) groups excluding carboxylic acids is 1. The van der Waals surface area contributed by atoms with Gasteiger partial charge in [-0.2, -0.15) is 8.78 Å². The van der Waals surface area contributed by atoms with E-state index in [0.717, 1.165) is 37.0 Å². The minimum atomic E-state index is -2.92. The van der Waals surface area contributed by atoms with E-state index in [9.17, 15) is 13.6 Å². The number of ether oxygens (including phenoxy) is 1. The summed E-state index contributed by atoms with van der Waals surface area (Å²) in [4.78, 5) is 12.6. The second-order valence-electron chi connectivity index (χ2n) is 6.17. The van der Waals surface area contributed by atoms with Crippen LogP contribution in [0.25, 0.3) is 0 Å². The van der Waals surface area contributed by atoms with Crippen LogP contribution in [0.5, 0.6) is 5.75 Å². The lowest BCUT2D eigenvalue weighted by Gasteiger charge is -2.45. The molecule has 7 heteroatoms. The minimum absolute atomic E-state index is 0.0461. The number of alkyl halides is 2. The van der Waals surface area contributed by atoms with Gasteiger partial charge in [0.2, 0.25) is 0 Å². The molecule has 2 fully saturated rings. The summed E-state index contributed by atoms with van der Waals surface area (Å²) in [5, 5.41) is 4.64. The molecule has 0 aliphatic heterocycles. The van der Waals surface area contributed by atoms with Gasteiger partial charge in [0.15, 0.2) is 0 Å². The molecule has 1 amide bonds. The fraction of sp³-hybridized carbons (Fsp3) is 0.667. The topological polar surface area (TPSA) is 64.3 Å². The number of thiophene rings is 1. The number of halogens is 2. The van der Waals surface area contributed by atoms with Crippen molar-refractivity contribution in [2.45, 2.75) is 50.8 Å². The minimum Gasteiger partial charge on any atom is -0.433 e. The van der Waals surface area contributed by atoms with Gasteiger partial charge in [-0.05, 0) is 49.0 Å². The van der Waals surface area contributed by atoms with Crippen LogP contribution in [0.2, 0.25) is 0 Å². The predicted molar refractivity (Wildman–Crippen MR) is 80.2 cm³/mol. The molecule has 2 atom stereocenters. The van der Waals surface area contributed by atoms with Gasteiger partial charge in [0.05, 0.1) is 0 Å². The third-order valence-electron chi connectivity index (χ3n) is 4.73. The Labute approximate surface area is 132 Å². The SMILES string of the molecule is NC1CC2CCCC(C1)C2NC(=O)c1sccc1OC(F)F. The van der Waals surface area contributed by atoms with E-state index < -0.39 is 6.61 Å². The van der Waals surface area contributed by atoms with Crippen LogP contribution in [0.4, 0.5) is 8.78 Å². The normalized spacial score (nSPS) is 31.1. The number of fused-ring (bicyclic) bond motifs is 2. The van der Waals surface area contributed by atoms with Crippen molar-refractivity contribution in [2.75, 3.05) is 0 Å². The molecule has 3 rings (SSSR count). The van der Waals surface area contributed by atoms with E-state index in [4.69, 9.17) is 5.73 Å². The largest absolute Gasteiger partial charge is 0.433 e. The predicted octanol–water partition coefficient (Wildman–Crippen LogP) is 2.99. The van der Waals surface area contributed by atoms with Gasteiger partial charge in [0, 0.05) is 12.1 Å². The van der Waals surface area contributed by atoms with Gasteiger partial charge in [0.25, 0.3) is 5.91 Å². The van der Waals surface area contributed by atoms with Gasteiger partial charge in [-0.1, -0.05) is 6.42 Å². The molecule has 2 aliphatic rings. The van der Waals surface area contributed by atoms with Crippen molar-refractivity contribution in [3.8, 4) is 5.75 Å². The summed E-state index contributed by atoms with van der Waals surface area (Å²) in [6, 6.07) is 1.72. The van der Waals surface area contributed by atoms with Crippen molar-refractivity contribution in [3.63, 3.8) is 0 Å². The highest BCUT2D eigenvalue weighted by molar-refractivity contribution is 7.12. The van der Waals surface area contributed by atoms with Crippen molar-refractivity contribution < 1.29 is 18.3 Å². The maximum Gasteiger partial charge on any atom is 0.387 e. The Hall–Kier alpha value is -1.21. The number of amides is 1. The zero-order valence-electron chi connectivity index (χ0n) is 12.1. The number of hydrogen-bond acceptors (Lipinski definition) is 4. The Kier molecular flexibility index (Phi) is 4.63. The summed E-state index contributed by atoms with van der Waals surface area (Å²) in [5.41, 5.74) is 6.08. The molecule has 4 nitrogen and oxygen atoms in total. The Morgan fingerprint density at radius 2 is 2.05 bits per heavy atom. The van der Waals surface area contributed by atoms with Crippen LogP contribution in [0, 0.1) is 11.8 Å². The third kappa shape index (κ3) is 3.25. The Bertz CT molecular complexity index is 523. The molecular weight excluding hydrogens is 310 g/mol. The van der Waals surface area contributed by atoms with Gasteiger partial charge in [0.1, 0.15) is 10.6 Å². The molecule has 2 unspecified atom stereocenters. The fourth-order valence-electron chi connectivity index (χ4n) is 3.89. The van der Waals surface area contributed by atoms with Crippen LogP contribution in [0.15, 0.2) is 11.4 Å². The molecule has 122 valence electrons. The first kappa shape index (κ1) is 15.7. The highest BCUT2D eigenvalue weighted by Gasteiger charge is 2.40. The van der Waals surface area contributed by atoms with Crippen molar-refractivity contribution in [1.29, 1.82) is 0 Å². The number of nitrogens with one attached hydrogen (secondary N) is 1. The van der Waals surface area contributed by atoms with Gasteiger partial charge >= 0.3 is 6.61 Å². The fourth-order valence-corrected chi connectivity index (χ4v) is 4.62. The van der Waals surface area contributed by atoms with Crippen molar-refractivity contribution in [3.05, 3.63) is 16.3 Å². The van der Waals surface area contributed by atoms with Gasteiger partial charge in [-0.3, -0.25) is 4.79 Å². The van der Waals surface area contributed by atoms with Gasteiger partial charge in [-0.25, -0.2) is 0 Å². The first-order chi connectivity index (χ1) is 10.5. The van der Waals surface area contributed by atoms with E-state index in [1.54, 1.807) is 5.38 Å². The van der Waals surface area contributed by atoms with E-state index in [0.29, 0.717) is 11.8 Å². The Balaban J connectivity index is 1.70. The number of rotatable bonds is 4. The van der Waals surface area contributed by atoms with Crippen LogP contribution < -0.4 is 15.8 Å². The number of nitrogens with two attached hydrogens (primary N) is 1. The third-order valence-corrected chi connectivity index (χ3v) is 5.62. The van der Waals surface area contributed by atoms with Crippen LogP contribution >= 0.6 is 11.3 Å². The zero-order chi connectivity index (χ0) is 15.7. The second-order valence-corrected chi connectivity index (χ2v) is 7.09. The summed E-state index contributed by atoms with van der Waals surface area (Å²) in [7, 11) is 0. The first-order valence-electron chi connectivity index (χ1n) is 7.63. The molecule has 3 N–H and O–H groups in total. The molecule has 0 aromatic carbocycles. The summed E-state index contributed by atoms with van der Waals surface area (Å²) in [6.45, 7) is -2.92. The molecule has 0 spiro atoms. The quantitative estimate of drug-likeness (QED) is 0.892.